The molecular formula is C25H21N9. The van der Waals surface area contributed by atoms with Crippen molar-refractivity contribution in [1.29, 1.82) is 0 Å². The van der Waals surface area contributed by atoms with Crippen LogP contribution in [0.4, 0.5) is 5.69 Å². The zero-order chi connectivity index (χ0) is 23.1. The lowest BCUT2D eigenvalue weighted by molar-refractivity contribution is 0.898. The molecule has 6 heterocycles. The maximum Gasteiger partial charge on any atom is 0.159 e. The van der Waals surface area contributed by atoms with Gasteiger partial charge >= 0.3 is 0 Å². The molecule has 0 radical (unpaired) electrons. The van der Waals surface area contributed by atoms with Crippen molar-refractivity contribution < 1.29 is 0 Å². The molecule has 0 aliphatic rings. The topological polar surface area (TPSA) is 121 Å². The molecule has 6 rings (SSSR count). The number of pyridine rings is 4. The van der Waals surface area contributed by atoms with Crippen molar-refractivity contribution in [3.8, 4) is 34.0 Å². The summed E-state index contributed by atoms with van der Waals surface area (Å²) in [5.74, 6) is 0.662. The van der Waals surface area contributed by atoms with Crippen molar-refractivity contribution in [3.05, 3.63) is 67.5 Å². The molecule has 6 aromatic rings. The summed E-state index contributed by atoms with van der Waals surface area (Å²) in [7, 11) is 0. The monoisotopic (exact) mass is 447 g/mol. The van der Waals surface area contributed by atoms with Crippen LogP contribution in [0.25, 0.3) is 56.0 Å². The lowest BCUT2D eigenvalue weighted by Crippen LogP contribution is -2.09. The van der Waals surface area contributed by atoms with Crippen LogP contribution in [0.2, 0.25) is 0 Å². The van der Waals surface area contributed by atoms with Gasteiger partial charge in [-0.3, -0.25) is 25.0 Å². The van der Waals surface area contributed by atoms with Crippen LogP contribution in [0.15, 0.2) is 67.5 Å². The Morgan fingerprint density at radius 1 is 0.824 bits per heavy atom. The van der Waals surface area contributed by atoms with E-state index in [-0.39, 0.29) is 0 Å². The summed E-state index contributed by atoms with van der Waals surface area (Å²) in [6.07, 6.45) is 10.7. The highest BCUT2D eigenvalue weighted by molar-refractivity contribution is 5.96. The molecule has 6 aromatic heterocycles. The second-order valence-corrected chi connectivity index (χ2v) is 8.33. The van der Waals surface area contributed by atoms with Crippen molar-refractivity contribution >= 4 is 27.6 Å². The van der Waals surface area contributed by atoms with E-state index in [1.165, 1.54) is 0 Å². The summed E-state index contributed by atoms with van der Waals surface area (Å²) < 4.78 is 0. The number of hydrogen-bond acceptors (Lipinski definition) is 7. The maximum atomic E-state index is 4.87. The van der Waals surface area contributed by atoms with Gasteiger partial charge in [-0.1, -0.05) is 0 Å². The molecular weight excluding hydrogens is 426 g/mol. The molecule has 0 aliphatic heterocycles. The van der Waals surface area contributed by atoms with Gasteiger partial charge in [0.1, 0.15) is 11.2 Å². The fourth-order valence-corrected chi connectivity index (χ4v) is 4.02. The largest absolute Gasteiger partial charge is 0.382 e. The van der Waals surface area contributed by atoms with E-state index in [1.54, 1.807) is 24.8 Å². The van der Waals surface area contributed by atoms with Gasteiger partial charge in [0.15, 0.2) is 5.82 Å². The Bertz CT molecular complexity index is 1620. The molecule has 0 aliphatic carbocycles. The van der Waals surface area contributed by atoms with Gasteiger partial charge in [0.05, 0.1) is 34.3 Å². The highest BCUT2D eigenvalue weighted by atomic mass is 15.1. The molecule has 0 saturated carbocycles. The van der Waals surface area contributed by atoms with Gasteiger partial charge in [-0.05, 0) is 44.2 Å². The Hall–Kier alpha value is -4.66. The molecule has 0 saturated heterocycles. The molecule has 9 nitrogen and oxygen atoms in total. The number of nitrogens with zero attached hydrogens (tertiary/aromatic N) is 6. The van der Waals surface area contributed by atoms with Crippen LogP contribution in [0, 0.1) is 0 Å². The van der Waals surface area contributed by atoms with E-state index < -0.39 is 0 Å². The molecule has 0 atom stereocenters. The maximum absolute atomic E-state index is 4.87. The van der Waals surface area contributed by atoms with Crippen LogP contribution in [-0.4, -0.2) is 46.1 Å². The molecule has 0 spiro atoms. The smallest absolute Gasteiger partial charge is 0.159 e. The molecule has 0 aromatic carbocycles. The standard InChI is InChI=1S/C25H21N9/c1-14(2)30-17-9-16(11-27-12-17)20-10-18-21(13-29-20)33-34-23(18)25-31-19-5-8-28-22(24(19)32-25)15-3-6-26-7-4-15/h3-14,30H,1-2H3,(H,31,32)(H,33,34). The van der Waals surface area contributed by atoms with Crippen LogP contribution < -0.4 is 5.32 Å². The second kappa shape index (κ2) is 8.04. The number of fused-ring (bicyclic) bond motifs is 2. The highest BCUT2D eigenvalue weighted by Crippen LogP contribution is 2.31. The number of rotatable bonds is 5. The van der Waals surface area contributed by atoms with Crippen LogP contribution >= 0.6 is 0 Å². The molecule has 34 heavy (non-hydrogen) atoms. The second-order valence-electron chi connectivity index (χ2n) is 8.33. The van der Waals surface area contributed by atoms with E-state index in [9.17, 15) is 0 Å². The molecule has 0 fully saturated rings. The molecule has 0 amide bonds. The first-order valence-corrected chi connectivity index (χ1v) is 11.0. The van der Waals surface area contributed by atoms with E-state index in [4.69, 9.17) is 4.98 Å². The van der Waals surface area contributed by atoms with Gasteiger partial charge in [-0.2, -0.15) is 5.10 Å². The minimum atomic E-state index is 0.313. The van der Waals surface area contributed by atoms with E-state index in [2.05, 4.69) is 60.3 Å². The zero-order valence-corrected chi connectivity index (χ0v) is 18.6. The van der Waals surface area contributed by atoms with Crippen molar-refractivity contribution in [3.63, 3.8) is 0 Å². The molecule has 0 bridgehead atoms. The summed E-state index contributed by atoms with van der Waals surface area (Å²) >= 11 is 0. The van der Waals surface area contributed by atoms with Crippen LogP contribution in [0.5, 0.6) is 0 Å². The normalized spacial score (nSPS) is 11.5. The molecule has 9 heteroatoms. The summed E-state index contributed by atoms with van der Waals surface area (Å²) in [5.41, 5.74) is 7.67. The quantitative estimate of drug-likeness (QED) is 0.346. The Balaban J connectivity index is 1.45. The number of H-pyrrole nitrogens is 2. The number of aromatic amines is 2. The molecule has 3 N–H and O–H groups in total. The number of aromatic nitrogens is 8. The number of anilines is 1. The van der Waals surface area contributed by atoms with Gasteiger partial charge < -0.3 is 10.3 Å². The first-order valence-electron chi connectivity index (χ1n) is 11.0. The highest BCUT2D eigenvalue weighted by Gasteiger charge is 2.17. The average molecular weight is 448 g/mol. The van der Waals surface area contributed by atoms with Crippen molar-refractivity contribution in [2.75, 3.05) is 5.32 Å². The third-order valence-electron chi connectivity index (χ3n) is 5.52. The number of imidazole rings is 1. The number of hydrogen-bond donors (Lipinski definition) is 3. The van der Waals surface area contributed by atoms with Crippen LogP contribution in [0.1, 0.15) is 13.8 Å². The predicted octanol–water partition coefficient (Wildman–Crippen LogP) is 4.84. The first kappa shape index (κ1) is 20.0. The van der Waals surface area contributed by atoms with Crippen LogP contribution in [0.3, 0.4) is 0 Å². The zero-order valence-electron chi connectivity index (χ0n) is 18.6. The fourth-order valence-electron chi connectivity index (χ4n) is 4.02. The van der Waals surface area contributed by atoms with Gasteiger partial charge in [-0.15, -0.1) is 0 Å². The van der Waals surface area contributed by atoms with Gasteiger partial charge in [-0.25, -0.2) is 4.98 Å². The van der Waals surface area contributed by atoms with Gasteiger partial charge in [0, 0.05) is 53.5 Å². The van der Waals surface area contributed by atoms with Crippen molar-refractivity contribution in [2.24, 2.45) is 0 Å². The van der Waals surface area contributed by atoms with Crippen molar-refractivity contribution in [2.45, 2.75) is 19.9 Å². The van der Waals surface area contributed by atoms with Crippen molar-refractivity contribution in [1.82, 2.24) is 40.1 Å². The minimum absolute atomic E-state index is 0.313. The lowest BCUT2D eigenvalue weighted by Gasteiger charge is -2.10. The van der Waals surface area contributed by atoms with E-state index >= 15 is 0 Å². The fraction of sp³-hybridized carbons (Fsp3) is 0.120. The lowest BCUT2D eigenvalue weighted by atomic mass is 10.1. The first-order chi connectivity index (χ1) is 16.7. The molecule has 0 unspecified atom stereocenters. The molecule has 166 valence electrons. The SMILES string of the molecule is CC(C)Nc1cncc(-c2cc3c(-c4nc5c(-c6ccncc6)nccc5[nH]4)n[nH]c3cn2)c1. The third-order valence-corrected chi connectivity index (χ3v) is 5.52. The Morgan fingerprint density at radius 2 is 1.71 bits per heavy atom. The van der Waals surface area contributed by atoms with Gasteiger partial charge in [0.2, 0.25) is 0 Å². The summed E-state index contributed by atoms with van der Waals surface area (Å²) in [6, 6.07) is 10.1. The average Bonchev–Trinajstić information content (AvgIpc) is 3.48. The Kier molecular flexibility index (Phi) is 4.72. The third kappa shape index (κ3) is 3.53. The predicted molar refractivity (Wildman–Crippen MR) is 132 cm³/mol. The van der Waals surface area contributed by atoms with E-state index in [1.807, 2.05) is 36.7 Å². The number of nitrogens with one attached hydrogen (secondary N) is 3. The summed E-state index contributed by atoms with van der Waals surface area (Å²) in [6.45, 7) is 4.19. The minimum Gasteiger partial charge on any atom is -0.382 e. The summed E-state index contributed by atoms with van der Waals surface area (Å²) in [5, 5.41) is 11.9. The van der Waals surface area contributed by atoms with Crippen LogP contribution in [-0.2, 0) is 0 Å². The Labute approximate surface area is 194 Å². The Morgan fingerprint density at radius 3 is 2.56 bits per heavy atom. The van der Waals surface area contributed by atoms with Gasteiger partial charge in [0.25, 0.3) is 0 Å². The van der Waals surface area contributed by atoms with E-state index in [0.29, 0.717) is 11.9 Å². The summed E-state index contributed by atoms with van der Waals surface area (Å²) in [4.78, 5) is 25.9. The van der Waals surface area contributed by atoms with E-state index in [0.717, 1.165) is 55.8 Å².